The summed E-state index contributed by atoms with van der Waals surface area (Å²) in [6.45, 7) is 1.98. The smallest absolute Gasteiger partial charge is 0.332 e. The highest BCUT2D eigenvalue weighted by Gasteiger charge is 2.54. The van der Waals surface area contributed by atoms with Crippen LogP contribution in [0.25, 0.3) is 0 Å². The summed E-state index contributed by atoms with van der Waals surface area (Å²) in [5.41, 5.74) is 0.532. The van der Waals surface area contributed by atoms with Crippen LogP contribution in [0.5, 0.6) is 0 Å². The molecule has 6 nitrogen and oxygen atoms in total. The normalized spacial score (nSPS) is 24.4. The number of urea groups is 1. The van der Waals surface area contributed by atoms with Gasteiger partial charge in [-0.15, -0.1) is 0 Å². The molecule has 2 aliphatic rings. The maximum absolute atomic E-state index is 12.5. The van der Waals surface area contributed by atoms with Crippen LogP contribution in [0.15, 0.2) is 30.3 Å². The zero-order chi connectivity index (χ0) is 15.0. The molecular formula is C15H16N2O4. The molecule has 6 heteroatoms. The number of hydrogen-bond acceptors (Lipinski definition) is 4. The van der Waals surface area contributed by atoms with Gasteiger partial charge >= 0.3 is 12.0 Å². The second-order valence-corrected chi connectivity index (χ2v) is 5.06. The Morgan fingerprint density at radius 3 is 2.62 bits per heavy atom. The molecule has 1 aromatic rings. The number of fused-ring (bicyclic) bond motifs is 1. The third kappa shape index (κ3) is 2.07. The summed E-state index contributed by atoms with van der Waals surface area (Å²) in [6.07, 6.45) is 0.973. The lowest BCUT2D eigenvalue weighted by Crippen LogP contribution is -2.43. The van der Waals surface area contributed by atoms with Crippen molar-refractivity contribution in [3.63, 3.8) is 0 Å². The fourth-order valence-corrected chi connectivity index (χ4v) is 2.96. The second-order valence-electron chi connectivity index (χ2n) is 5.06. The predicted octanol–water partition coefficient (Wildman–Crippen LogP) is 1.55. The molecule has 0 bridgehead atoms. The van der Waals surface area contributed by atoms with E-state index >= 15 is 0 Å². The van der Waals surface area contributed by atoms with Crippen LogP contribution in [0.1, 0.15) is 19.8 Å². The number of carbonyl (C=O) groups excluding carboxylic acids is 3. The minimum atomic E-state index is -0.653. The third-order valence-corrected chi connectivity index (χ3v) is 3.88. The quantitative estimate of drug-likeness (QED) is 0.625. The van der Waals surface area contributed by atoms with Crippen molar-refractivity contribution in [3.8, 4) is 0 Å². The summed E-state index contributed by atoms with van der Waals surface area (Å²) in [5.74, 6) is -0.700. The number of ether oxygens (including phenoxy) is 1. The number of carbonyl (C=O) groups is 3. The topological polar surface area (TPSA) is 66.9 Å². The van der Waals surface area contributed by atoms with Gasteiger partial charge in [0.15, 0.2) is 0 Å². The first-order chi connectivity index (χ1) is 10.1. The first kappa shape index (κ1) is 13.6. The molecule has 21 heavy (non-hydrogen) atoms. The van der Waals surface area contributed by atoms with Crippen molar-refractivity contribution >= 4 is 23.6 Å². The molecule has 0 N–H and O–H groups in total. The summed E-state index contributed by atoms with van der Waals surface area (Å²) < 4.78 is 5.00. The maximum Gasteiger partial charge on any atom is 0.332 e. The Labute approximate surface area is 122 Å². The average molecular weight is 288 g/mol. The number of para-hydroxylation sites is 1. The molecule has 0 aliphatic carbocycles. The third-order valence-electron chi connectivity index (χ3n) is 3.88. The first-order valence-corrected chi connectivity index (χ1v) is 7.03. The van der Waals surface area contributed by atoms with Crippen molar-refractivity contribution < 1.29 is 19.1 Å². The Morgan fingerprint density at radius 2 is 1.95 bits per heavy atom. The van der Waals surface area contributed by atoms with Gasteiger partial charge in [0.1, 0.15) is 12.1 Å². The van der Waals surface area contributed by atoms with Crippen molar-refractivity contribution in [3.05, 3.63) is 30.3 Å². The molecule has 0 aromatic heterocycles. The van der Waals surface area contributed by atoms with E-state index < -0.39 is 24.1 Å². The van der Waals surface area contributed by atoms with E-state index in [0.29, 0.717) is 18.5 Å². The number of amides is 3. The number of imide groups is 1. The SMILES string of the molecule is CCOC(=O)C1CCC2C(=O)N(c3ccccc3)C(=O)N12. The molecular weight excluding hydrogens is 272 g/mol. The number of benzene rings is 1. The lowest BCUT2D eigenvalue weighted by Gasteiger charge is -2.21. The number of anilines is 1. The Morgan fingerprint density at radius 1 is 1.24 bits per heavy atom. The summed E-state index contributed by atoms with van der Waals surface area (Å²) in [7, 11) is 0. The van der Waals surface area contributed by atoms with Crippen LogP contribution < -0.4 is 4.90 Å². The Hall–Kier alpha value is -2.37. The van der Waals surface area contributed by atoms with Crippen molar-refractivity contribution in [2.75, 3.05) is 11.5 Å². The van der Waals surface area contributed by atoms with Gasteiger partial charge in [0.2, 0.25) is 0 Å². The molecule has 110 valence electrons. The van der Waals surface area contributed by atoms with Gasteiger partial charge in [-0.25, -0.2) is 14.5 Å². The molecule has 2 unspecified atom stereocenters. The highest BCUT2D eigenvalue weighted by molar-refractivity contribution is 6.22. The fourth-order valence-electron chi connectivity index (χ4n) is 2.96. The monoisotopic (exact) mass is 288 g/mol. The van der Waals surface area contributed by atoms with Gasteiger partial charge in [-0.1, -0.05) is 18.2 Å². The second kappa shape index (κ2) is 5.20. The summed E-state index contributed by atoms with van der Waals surface area (Å²) in [4.78, 5) is 39.4. The Bertz CT molecular complexity index is 587. The van der Waals surface area contributed by atoms with E-state index in [2.05, 4.69) is 0 Å². The molecule has 3 rings (SSSR count). The summed E-state index contributed by atoms with van der Waals surface area (Å²) >= 11 is 0. The van der Waals surface area contributed by atoms with Gasteiger partial charge in [-0.2, -0.15) is 0 Å². The zero-order valence-electron chi connectivity index (χ0n) is 11.7. The van der Waals surface area contributed by atoms with Gasteiger partial charge in [0.25, 0.3) is 5.91 Å². The molecule has 0 saturated carbocycles. The van der Waals surface area contributed by atoms with E-state index in [1.54, 1.807) is 31.2 Å². The van der Waals surface area contributed by atoms with Crippen molar-refractivity contribution in [1.82, 2.24) is 4.90 Å². The van der Waals surface area contributed by atoms with E-state index in [0.717, 1.165) is 4.90 Å². The van der Waals surface area contributed by atoms with Crippen LogP contribution >= 0.6 is 0 Å². The first-order valence-electron chi connectivity index (χ1n) is 7.03. The largest absolute Gasteiger partial charge is 0.464 e. The molecule has 1 aromatic carbocycles. The van der Waals surface area contributed by atoms with Crippen LogP contribution in [-0.2, 0) is 14.3 Å². The van der Waals surface area contributed by atoms with Gasteiger partial charge in [-0.3, -0.25) is 9.69 Å². The lowest BCUT2D eigenvalue weighted by atomic mass is 10.1. The van der Waals surface area contributed by atoms with E-state index in [-0.39, 0.29) is 12.5 Å². The zero-order valence-corrected chi connectivity index (χ0v) is 11.7. The molecule has 3 amide bonds. The number of rotatable bonds is 3. The maximum atomic E-state index is 12.5. The van der Waals surface area contributed by atoms with Gasteiger partial charge in [-0.05, 0) is 31.9 Å². The van der Waals surface area contributed by atoms with E-state index in [4.69, 9.17) is 4.74 Å². The van der Waals surface area contributed by atoms with Crippen LogP contribution in [0, 0.1) is 0 Å². The molecule has 2 atom stereocenters. The lowest BCUT2D eigenvalue weighted by molar-refractivity contribution is -0.147. The van der Waals surface area contributed by atoms with E-state index in [1.165, 1.54) is 4.90 Å². The van der Waals surface area contributed by atoms with Gasteiger partial charge < -0.3 is 4.74 Å². The Kier molecular flexibility index (Phi) is 3.37. The van der Waals surface area contributed by atoms with Crippen molar-refractivity contribution in [1.29, 1.82) is 0 Å². The number of hydrogen-bond donors (Lipinski definition) is 0. The summed E-state index contributed by atoms with van der Waals surface area (Å²) in [6, 6.07) is 7.12. The molecule has 2 saturated heterocycles. The van der Waals surface area contributed by atoms with Crippen molar-refractivity contribution in [2.45, 2.75) is 31.8 Å². The van der Waals surface area contributed by atoms with Crippen LogP contribution in [0.4, 0.5) is 10.5 Å². The van der Waals surface area contributed by atoms with Crippen LogP contribution in [-0.4, -0.2) is 41.5 Å². The number of esters is 1. The van der Waals surface area contributed by atoms with Crippen LogP contribution in [0.2, 0.25) is 0 Å². The van der Waals surface area contributed by atoms with E-state index in [1.807, 2.05) is 6.07 Å². The van der Waals surface area contributed by atoms with E-state index in [9.17, 15) is 14.4 Å². The molecule has 0 radical (unpaired) electrons. The molecule has 2 fully saturated rings. The molecule has 0 spiro atoms. The highest BCUT2D eigenvalue weighted by atomic mass is 16.5. The fraction of sp³-hybridized carbons (Fsp3) is 0.400. The number of nitrogens with zero attached hydrogens (tertiary/aromatic N) is 2. The highest BCUT2D eigenvalue weighted by Crippen LogP contribution is 2.35. The van der Waals surface area contributed by atoms with Crippen molar-refractivity contribution in [2.24, 2.45) is 0 Å². The average Bonchev–Trinajstić information content (AvgIpc) is 3.02. The molecule has 2 aliphatic heterocycles. The van der Waals surface area contributed by atoms with Gasteiger partial charge in [0, 0.05) is 0 Å². The van der Waals surface area contributed by atoms with Crippen LogP contribution in [0.3, 0.4) is 0 Å². The standard InChI is InChI=1S/C15H16N2O4/c1-2-21-14(19)12-9-8-11-13(18)16(15(20)17(11)12)10-6-4-3-5-7-10/h3-7,11-12H,2,8-9H2,1H3. The molecule has 2 heterocycles. The minimum Gasteiger partial charge on any atom is -0.464 e. The summed E-state index contributed by atoms with van der Waals surface area (Å²) in [5, 5.41) is 0. The van der Waals surface area contributed by atoms with Gasteiger partial charge in [0.05, 0.1) is 12.3 Å². The predicted molar refractivity (Wildman–Crippen MR) is 74.6 cm³/mol. The Balaban J connectivity index is 1.89. The minimum absolute atomic E-state index is 0.262.